The molecule has 23 heavy (non-hydrogen) atoms. The van der Waals surface area contributed by atoms with Gasteiger partial charge < -0.3 is 10.2 Å². The topological polar surface area (TPSA) is 40.5 Å². The Bertz CT molecular complexity index is 536. The molecule has 8 atom stereocenters. The van der Waals surface area contributed by atoms with Gasteiger partial charge in [-0.2, -0.15) is 0 Å². The van der Waals surface area contributed by atoms with Gasteiger partial charge in [0.15, 0.2) is 0 Å². The number of hydrogen-bond donors (Lipinski definition) is 2. The fourth-order valence-corrected chi connectivity index (χ4v) is 7.35. The van der Waals surface area contributed by atoms with E-state index >= 15 is 0 Å². The molecular formula is C21H32O2. The van der Waals surface area contributed by atoms with Gasteiger partial charge in [-0.15, -0.1) is 6.42 Å². The first-order valence-corrected chi connectivity index (χ1v) is 9.71. The van der Waals surface area contributed by atoms with Crippen molar-refractivity contribution in [3.63, 3.8) is 0 Å². The van der Waals surface area contributed by atoms with Gasteiger partial charge in [0, 0.05) is 0 Å². The zero-order valence-electron chi connectivity index (χ0n) is 14.7. The Labute approximate surface area is 141 Å². The summed E-state index contributed by atoms with van der Waals surface area (Å²) >= 11 is 0. The molecule has 0 heterocycles. The first-order chi connectivity index (χ1) is 10.8. The van der Waals surface area contributed by atoms with E-state index < -0.39 is 5.60 Å². The van der Waals surface area contributed by atoms with Crippen molar-refractivity contribution in [3.8, 4) is 12.3 Å². The molecule has 0 aromatic heterocycles. The van der Waals surface area contributed by atoms with Crippen molar-refractivity contribution in [3.05, 3.63) is 0 Å². The molecule has 128 valence electrons. The van der Waals surface area contributed by atoms with Crippen LogP contribution in [0.5, 0.6) is 0 Å². The summed E-state index contributed by atoms with van der Waals surface area (Å²) in [6, 6.07) is 0. The van der Waals surface area contributed by atoms with Gasteiger partial charge in [-0.05, 0) is 92.3 Å². The van der Waals surface area contributed by atoms with Crippen LogP contribution in [-0.4, -0.2) is 21.9 Å². The van der Waals surface area contributed by atoms with Gasteiger partial charge in [0.05, 0.1) is 6.10 Å². The van der Waals surface area contributed by atoms with E-state index in [2.05, 4.69) is 19.8 Å². The molecule has 0 amide bonds. The van der Waals surface area contributed by atoms with Crippen LogP contribution in [0.1, 0.15) is 71.6 Å². The maximum Gasteiger partial charge on any atom is 0.125 e. The number of hydrogen-bond acceptors (Lipinski definition) is 2. The quantitative estimate of drug-likeness (QED) is 0.668. The lowest BCUT2D eigenvalue weighted by Crippen LogP contribution is -2.56. The van der Waals surface area contributed by atoms with Crippen LogP contribution in [0, 0.1) is 46.8 Å². The van der Waals surface area contributed by atoms with Crippen molar-refractivity contribution in [2.45, 2.75) is 83.3 Å². The summed E-state index contributed by atoms with van der Waals surface area (Å²) in [6.45, 7) is 4.83. The van der Waals surface area contributed by atoms with E-state index in [0.717, 1.165) is 37.5 Å². The standard InChI is InChI=1S/C21H32O2/c1-4-21(23)12-11-19(2)14(13-21)5-6-15-16-7-8-18(22)20(16,3)10-9-17(15)19/h1,14-18,22-23H,5-13H2,2-3H3. The molecule has 2 heteroatoms. The smallest absolute Gasteiger partial charge is 0.125 e. The second-order valence-corrected chi connectivity index (χ2v) is 9.67. The predicted molar refractivity (Wildman–Crippen MR) is 91.5 cm³/mol. The average Bonchev–Trinajstić information content (AvgIpc) is 2.84. The van der Waals surface area contributed by atoms with E-state index in [1.165, 1.54) is 32.1 Å². The van der Waals surface area contributed by atoms with Gasteiger partial charge in [0.25, 0.3) is 0 Å². The van der Waals surface area contributed by atoms with Crippen LogP contribution in [0.3, 0.4) is 0 Å². The Morgan fingerprint density at radius 3 is 2.39 bits per heavy atom. The zero-order valence-corrected chi connectivity index (χ0v) is 14.7. The molecule has 0 bridgehead atoms. The summed E-state index contributed by atoms with van der Waals surface area (Å²) in [5.41, 5.74) is -0.344. The van der Waals surface area contributed by atoms with Crippen LogP contribution in [0.2, 0.25) is 0 Å². The summed E-state index contributed by atoms with van der Waals surface area (Å²) < 4.78 is 0. The Kier molecular flexibility index (Phi) is 3.47. The molecule has 4 rings (SSSR count). The van der Waals surface area contributed by atoms with Crippen LogP contribution in [0.15, 0.2) is 0 Å². The normalized spacial score (nSPS) is 58.7. The van der Waals surface area contributed by atoms with Gasteiger partial charge >= 0.3 is 0 Å². The maximum absolute atomic E-state index is 10.6. The highest BCUT2D eigenvalue weighted by molar-refractivity contribution is 5.16. The molecule has 4 aliphatic carbocycles. The fourth-order valence-electron chi connectivity index (χ4n) is 7.35. The lowest BCUT2D eigenvalue weighted by Gasteiger charge is -2.61. The zero-order chi connectivity index (χ0) is 16.5. The Morgan fingerprint density at radius 2 is 1.65 bits per heavy atom. The Balaban J connectivity index is 1.61. The molecule has 4 aliphatic rings. The first kappa shape index (κ1) is 16.0. The molecule has 2 N–H and O–H groups in total. The SMILES string of the molecule is C#CC1(O)CCC2(C)C(CCC3C4CCC(O)C4(C)CCC32)C1. The highest BCUT2D eigenvalue weighted by atomic mass is 16.3. The van der Waals surface area contributed by atoms with Gasteiger partial charge in [-0.1, -0.05) is 19.8 Å². The molecule has 0 spiro atoms. The minimum absolute atomic E-state index is 0.0862. The minimum atomic E-state index is -0.857. The van der Waals surface area contributed by atoms with Crippen LogP contribution in [-0.2, 0) is 0 Å². The van der Waals surface area contributed by atoms with Crippen molar-refractivity contribution in [2.75, 3.05) is 0 Å². The molecule has 0 aromatic carbocycles. The third-order valence-corrected chi connectivity index (χ3v) is 8.95. The largest absolute Gasteiger partial charge is 0.393 e. The highest BCUT2D eigenvalue weighted by Crippen LogP contribution is 2.66. The van der Waals surface area contributed by atoms with Crippen LogP contribution >= 0.6 is 0 Å². The monoisotopic (exact) mass is 316 g/mol. The number of aliphatic hydroxyl groups is 2. The Hall–Kier alpha value is -0.520. The van der Waals surface area contributed by atoms with E-state index in [0.29, 0.717) is 17.3 Å². The molecular weight excluding hydrogens is 284 g/mol. The first-order valence-electron chi connectivity index (χ1n) is 9.71. The molecule has 0 aromatic rings. The maximum atomic E-state index is 10.6. The second kappa shape index (κ2) is 4.99. The summed E-state index contributed by atoms with van der Waals surface area (Å²) in [4.78, 5) is 0. The summed E-state index contributed by atoms with van der Waals surface area (Å²) in [5, 5.41) is 21.1. The van der Waals surface area contributed by atoms with E-state index in [9.17, 15) is 10.2 Å². The molecule has 0 radical (unpaired) electrons. The third-order valence-electron chi connectivity index (χ3n) is 8.95. The van der Waals surface area contributed by atoms with E-state index in [-0.39, 0.29) is 11.5 Å². The number of fused-ring (bicyclic) bond motifs is 5. The second-order valence-electron chi connectivity index (χ2n) is 9.67. The summed E-state index contributed by atoms with van der Waals surface area (Å²) in [6.07, 6.45) is 15.3. The Morgan fingerprint density at radius 1 is 0.913 bits per heavy atom. The van der Waals surface area contributed by atoms with Crippen LogP contribution in [0.25, 0.3) is 0 Å². The third kappa shape index (κ3) is 2.09. The lowest BCUT2D eigenvalue weighted by atomic mass is 9.44. The molecule has 4 fully saturated rings. The van der Waals surface area contributed by atoms with Gasteiger partial charge in [-0.25, -0.2) is 0 Å². The predicted octanol–water partition coefficient (Wildman–Crippen LogP) is 3.75. The van der Waals surface area contributed by atoms with E-state index in [1.54, 1.807) is 0 Å². The molecule has 4 saturated carbocycles. The lowest BCUT2D eigenvalue weighted by molar-refractivity contribution is -0.143. The molecule has 0 aliphatic heterocycles. The van der Waals surface area contributed by atoms with Crippen LogP contribution in [0.4, 0.5) is 0 Å². The number of rotatable bonds is 0. The molecule has 0 saturated heterocycles. The van der Waals surface area contributed by atoms with E-state index in [4.69, 9.17) is 6.42 Å². The van der Waals surface area contributed by atoms with Gasteiger partial charge in [-0.3, -0.25) is 0 Å². The average molecular weight is 316 g/mol. The van der Waals surface area contributed by atoms with Gasteiger partial charge in [0.1, 0.15) is 5.60 Å². The number of terminal acetylenes is 1. The van der Waals surface area contributed by atoms with E-state index in [1.807, 2.05) is 0 Å². The van der Waals surface area contributed by atoms with Crippen molar-refractivity contribution in [2.24, 2.45) is 34.5 Å². The van der Waals surface area contributed by atoms with Crippen molar-refractivity contribution in [1.29, 1.82) is 0 Å². The van der Waals surface area contributed by atoms with Crippen molar-refractivity contribution >= 4 is 0 Å². The number of aliphatic hydroxyl groups excluding tert-OH is 1. The fraction of sp³-hybridized carbons (Fsp3) is 0.905. The molecule has 8 unspecified atom stereocenters. The van der Waals surface area contributed by atoms with Crippen molar-refractivity contribution in [1.82, 2.24) is 0 Å². The summed E-state index contributed by atoms with van der Waals surface area (Å²) in [7, 11) is 0. The highest BCUT2D eigenvalue weighted by Gasteiger charge is 2.60. The van der Waals surface area contributed by atoms with Crippen LogP contribution < -0.4 is 0 Å². The summed E-state index contributed by atoms with van der Waals surface area (Å²) in [5.74, 6) is 5.51. The van der Waals surface area contributed by atoms with Gasteiger partial charge in [0.2, 0.25) is 0 Å². The molecule has 2 nitrogen and oxygen atoms in total. The minimum Gasteiger partial charge on any atom is -0.393 e. The van der Waals surface area contributed by atoms with Crippen molar-refractivity contribution < 1.29 is 10.2 Å².